The smallest absolute Gasteiger partial charge is 0.348 e. The van der Waals surface area contributed by atoms with Gasteiger partial charge in [-0.2, -0.15) is 8.42 Å². The van der Waals surface area contributed by atoms with Crippen LogP contribution in [0.15, 0.2) is 11.4 Å². The maximum absolute atomic E-state index is 11.3. The van der Waals surface area contributed by atoms with E-state index in [0.717, 1.165) is 43.9 Å². The predicted molar refractivity (Wildman–Crippen MR) is 78.6 cm³/mol. The van der Waals surface area contributed by atoms with Crippen LogP contribution in [0.2, 0.25) is 0 Å². The maximum atomic E-state index is 11.3. The van der Waals surface area contributed by atoms with Gasteiger partial charge < -0.3 is 4.74 Å². The first-order chi connectivity index (χ1) is 9.42. The molecule has 0 spiro atoms. The van der Waals surface area contributed by atoms with Crippen molar-refractivity contribution in [1.82, 2.24) is 0 Å². The minimum absolute atomic E-state index is 0.254. The van der Waals surface area contributed by atoms with Gasteiger partial charge in [-0.1, -0.05) is 12.8 Å². The van der Waals surface area contributed by atoms with Crippen LogP contribution in [0.1, 0.15) is 40.9 Å². The summed E-state index contributed by atoms with van der Waals surface area (Å²) in [5.74, 6) is -0.292. The molecule has 7 heteroatoms. The Morgan fingerprint density at radius 1 is 1.25 bits per heavy atom. The van der Waals surface area contributed by atoms with Crippen LogP contribution < -0.4 is 0 Å². The molecule has 0 fully saturated rings. The summed E-state index contributed by atoms with van der Waals surface area (Å²) >= 11 is 1.40. The zero-order valence-corrected chi connectivity index (χ0v) is 13.4. The second-order valence-electron chi connectivity index (χ2n) is 4.50. The number of hydrogen-bond acceptors (Lipinski definition) is 6. The third-order valence-electron chi connectivity index (χ3n) is 2.70. The summed E-state index contributed by atoms with van der Waals surface area (Å²) in [6.45, 7) is 0.254. The molecule has 114 valence electrons. The van der Waals surface area contributed by atoms with E-state index in [1.807, 2.05) is 11.4 Å². The summed E-state index contributed by atoms with van der Waals surface area (Å²) < 4.78 is 30.8. The van der Waals surface area contributed by atoms with E-state index in [2.05, 4.69) is 8.92 Å². The van der Waals surface area contributed by atoms with Gasteiger partial charge in [0.05, 0.1) is 20.0 Å². The molecule has 0 aliphatic carbocycles. The number of ether oxygens (including phenoxy) is 1. The standard InChI is InChI=1S/C13H20O5S2/c1-17-13(14)12-9-11(10-19-12)7-5-3-4-6-8-18-20(2,15)16/h9-10H,3-8H2,1-2H3. The molecular weight excluding hydrogens is 300 g/mol. The van der Waals surface area contributed by atoms with Crippen molar-refractivity contribution < 1.29 is 22.1 Å². The van der Waals surface area contributed by atoms with Gasteiger partial charge in [-0.3, -0.25) is 4.18 Å². The fourth-order valence-electron chi connectivity index (χ4n) is 1.71. The summed E-state index contributed by atoms with van der Waals surface area (Å²) in [5.41, 5.74) is 1.14. The maximum Gasteiger partial charge on any atom is 0.348 e. The van der Waals surface area contributed by atoms with Gasteiger partial charge in [0.2, 0.25) is 0 Å². The van der Waals surface area contributed by atoms with Crippen molar-refractivity contribution in [1.29, 1.82) is 0 Å². The lowest BCUT2D eigenvalue weighted by molar-refractivity contribution is 0.0606. The Kier molecular flexibility index (Phi) is 7.18. The van der Waals surface area contributed by atoms with Crippen molar-refractivity contribution in [3.8, 4) is 0 Å². The summed E-state index contributed by atoms with van der Waals surface area (Å²) in [6.07, 6.45) is 5.67. The first-order valence-corrected chi connectivity index (χ1v) is 9.12. The van der Waals surface area contributed by atoms with Gasteiger partial charge in [-0.05, 0) is 36.3 Å². The highest BCUT2D eigenvalue weighted by Gasteiger charge is 2.08. The van der Waals surface area contributed by atoms with E-state index in [-0.39, 0.29) is 12.6 Å². The van der Waals surface area contributed by atoms with Gasteiger partial charge >= 0.3 is 5.97 Å². The Bertz CT molecular complexity index is 519. The zero-order chi connectivity index (χ0) is 15.0. The molecule has 1 heterocycles. The molecule has 1 aromatic heterocycles. The monoisotopic (exact) mass is 320 g/mol. The first kappa shape index (κ1) is 17.1. The topological polar surface area (TPSA) is 69.7 Å². The minimum Gasteiger partial charge on any atom is -0.465 e. The van der Waals surface area contributed by atoms with Gasteiger partial charge in [0.25, 0.3) is 10.1 Å². The van der Waals surface area contributed by atoms with E-state index in [1.165, 1.54) is 18.4 Å². The van der Waals surface area contributed by atoms with Gasteiger partial charge in [-0.15, -0.1) is 11.3 Å². The van der Waals surface area contributed by atoms with Crippen LogP contribution in [0.5, 0.6) is 0 Å². The molecule has 0 saturated heterocycles. The quantitative estimate of drug-likeness (QED) is 0.397. The molecule has 1 aromatic rings. The second kappa shape index (κ2) is 8.39. The molecule has 0 bridgehead atoms. The molecule has 0 unspecified atom stereocenters. The fourth-order valence-corrected chi connectivity index (χ4v) is 2.99. The third kappa shape index (κ3) is 7.02. The molecule has 5 nitrogen and oxygen atoms in total. The third-order valence-corrected chi connectivity index (χ3v) is 4.25. The van der Waals surface area contributed by atoms with Crippen molar-refractivity contribution in [2.45, 2.75) is 32.1 Å². The SMILES string of the molecule is COC(=O)c1cc(CCCCCCOS(C)(=O)=O)cs1. The van der Waals surface area contributed by atoms with Crippen molar-refractivity contribution in [2.75, 3.05) is 20.0 Å². The molecular formula is C13H20O5S2. The van der Waals surface area contributed by atoms with Crippen molar-refractivity contribution in [2.24, 2.45) is 0 Å². The lowest BCUT2D eigenvalue weighted by Gasteiger charge is -2.01. The number of aryl methyl sites for hydroxylation is 1. The van der Waals surface area contributed by atoms with Crippen LogP contribution in [0.4, 0.5) is 0 Å². The highest BCUT2D eigenvalue weighted by Crippen LogP contribution is 2.18. The minimum atomic E-state index is -3.31. The van der Waals surface area contributed by atoms with E-state index in [9.17, 15) is 13.2 Å². The van der Waals surface area contributed by atoms with Crippen molar-refractivity contribution in [3.05, 3.63) is 21.9 Å². The molecule has 0 aliphatic heterocycles. The van der Waals surface area contributed by atoms with E-state index in [1.54, 1.807) is 0 Å². The van der Waals surface area contributed by atoms with Gasteiger partial charge in [0.15, 0.2) is 0 Å². The number of carbonyl (C=O) groups is 1. The molecule has 1 rings (SSSR count). The summed E-state index contributed by atoms with van der Waals surface area (Å²) in [6, 6.07) is 1.86. The summed E-state index contributed by atoms with van der Waals surface area (Å²) in [4.78, 5) is 11.9. The van der Waals surface area contributed by atoms with E-state index >= 15 is 0 Å². The molecule has 0 atom stereocenters. The number of carbonyl (C=O) groups excluding carboxylic acids is 1. The molecule has 20 heavy (non-hydrogen) atoms. The lowest BCUT2D eigenvalue weighted by Crippen LogP contribution is -2.03. The molecule has 0 amide bonds. The summed E-state index contributed by atoms with van der Waals surface area (Å²) in [7, 11) is -1.93. The average Bonchev–Trinajstić information content (AvgIpc) is 2.84. The molecule has 0 aromatic carbocycles. The van der Waals surface area contributed by atoms with E-state index < -0.39 is 10.1 Å². The number of unbranched alkanes of at least 4 members (excludes halogenated alkanes) is 3. The van der Waals surface area contributed by atoms with Crippen LogP contribution in [-0.4, -0.2) is 34.4 Å². The van der Waals surface area contributed by atoms with Gasteiger partial charge in [0.1, 0.15) is 4.88 Å². The van der Waals surface area contributed by atoms with Crippen molar-refractivity contribution in [3.63, 3.8) is 0 Å². The number of methoxy groups -OCH3 is 1. The first-order valence-electron chi connectivity index (χ1n) is 6.42. The number of hydrogen-bond donors (Lipinski definition) is 0. The summed E-state index contributed by atoms with van der Waals surface area (Å²) in [5, 5.41) is 1.97. The van der Waals surface area contributed by atoms with Crippen LogP contribution >= 0.6 is 11.3 Å². The van der Waals surface area contributed by atoms with Crippen LogP contribution in [0.3, 0.4) is 0 Å². The Morgan fingerprint density at radius 3 is 2.60 bits per heavy atom. The fraction of sp³-hybridized carbons (Fsp3) is 0.615. The molecule has 0 saturated carbocycles. The Morgan fingerprint density at radius 2 is 1.95 bits per heavy atom. The average molecular weight is 320 g/mol. The Balaban J connectivity index is 2.12. The number of thiophene rings is 1. The van der Waals surface area contributed by atoms with Gasteiger partial charge in [-0.25, -0.2) is 4.79 Å². The van der Waals surface area contributed by atoms with Gasteiger partial charge in [0, 0.05) is 0 Å². The Hall–Kier alpha value is -0.920. The highest BCUT2D eigenvalue weighted by atomic mass is 32.2. The van der Waals surface area contributed by atoms with Crippen LogP contribution in [0, 0.1) is 0 Å². The highest BCUT2D eigenvalue weighted by molar-refractivity contribution is 7.85. The largest absolute Gasteiger partial charge is 0.465 e. The van der Waals surface area contributed by atoms with Crippen molar-refractivity contribution >= 4 is 27.4 Å². The number of rotatable bonds is 9. The van der Waals surface area contributed by atoms with Crippen LogP contribution in [0.25, 0.3) is 0 Å². The van der Waals surface area contributed by atoms with Crippen LogP contribution in [-0.2, 0) is 25.5 Å². The van der Waals surface area contributed by atoms with E-state index in [0.29, 0.717) is 4.88 Å². The zero-order valence-electron chi connectivity index (χ0n) is 11.8. The molecule has 0 N–H and O–H groups in total. The normalized spacial score (nSPS) is 11.5. The molecule has 0 aliphatic rings. The Labute approximate surface area is 124 Å². The molecule has 0 radical (unpaired) electrons. The second-order valence-corrected chi connectivity index (χ2v) is 7.06. The lowest BCUT2D eigenvalue weighted by atomic mass is 10.1. The predicted octanol–water partition coefficient (Wildman–Crippen LogP) is 2.61. The van der Waals surface area contributed by atoms with E-state index in [4.69, 9.17) is 0 Å². The number of esters is 1.